The lowest BCUT2D eigenvalue weighted by Crippen LogP contribution is -2.15. The highest BCUT2D eigenvalue weighted by Crippen LogP contribution is 2.33. The van der Waals surface area contributed by atoms with E-state index in [2.05, 4.69) is 4.98 Å². The number of para-hydroxylation sites is 1. The SMILES string of the molecule is CCOC(=O)c1oc2cc(OC(=O)CC)ccc2c(=O)c1-c1nc2ccccc2s1. The molecule has 0 saturated carbocycles. The van der Waals surface area contributed by atoms with Crippen LogP contribution in [0.25, 0.3) is 31.8 Å². The van der Waals surface area contributed by atoms with Gasteiger partial charge in [-0.3, -0.25) is 9.59 Å². The predicted octanol–water partition coefficient (Wildman–Crippen LogP) is 4.56. The number of aromatic nitrogens is 1. The number of rotatable bonds is 5. The fourth-order valence-corrected chi connectivity index (χ4v) is 3.96. The number of benzene rings is 2. The molecule has 4 aromatic rings. The molecule has 0 fully saturated rings. The summed E-state index contributed by atoms with van der Waals surface area (Å²) in [5.74, 6) is -1.19. The molecule has 0 aliphatic carbocycles. The molecule has 0 aliphatic heterocycles. The summed E-state index contributed by atoms with van der Waals surface area (Å²) >= 11 is 1.29. The van der Waals surface area contributed by atoms with Crippen LogP contribution >= 0.6 is 11.3 Å². The van der Waals surface area contributed by atoms with Crippen LogP contribution in [0.3, 0.4) is 0 Å². The van der Waals surface area contributed by atoms with Gasteiger partial charge in [0.1, 0.15) is 21.9 Å². The van der Waals surface area contributed by atoms with Crippen LogP contribution < -0.4 is 10.2 Å². The van der Waals surface area contributed by atoms with Crippen molar-refractivity contribution < 1.29 is 23.5 Å². The number of hydrogen-bond donors (Lipinski definition) is 0. The quantitative estimate of drug-likeness (QED) is 0.343. The highest BCUT2D eigenvalue weighted by molar-refractivity contribution is 7.21. The van der Waals surface area contributed by atoms with Gasteiger partial charge in [-0.2, -0.15) is 0 Å². The van der Waals surface area contributed by atoms with E-state index in [1.165, 1.54) is 29.5 Å². The standard InChI is InChI=1S/C22H17NO6S/c1-3-17(24)28-12-9-10-13-15(11-12)29-20(22(26)27-4-2)18(19(13)25)21-23-14-7-5-6-8-16(14)30-21/h5-11H,3-4H2,1-2H3. The number of fused-ring (bicyclic) bond motifs is 2. The zero-order valence-corrected chi connectivity index (χ0v) is 17.1. The van der Waals surface area contributed by atoms with Crippen LogP contribution in [0.1, 0.15) is 30.8 Å². The van der Waals surface area contributed by atoms with E-state index in [1.807, 2.05) is 24.3 Å². The van der Waals surface area contributed by atoms with Crippen molar-refractivity contribution in [2.24, 2.45) is 0 Å². The molecule has 0 saturated heterocycles. The molecule has 0 atom stereocenters. The van der Waals surface area contributed by atoms with E-state index in [9.17, 15) is 14.4 Å². The molecule has 0 radical (unpaired) electrons. The van der Waals surface area contributed by atoms with Gasteiger partial charge in [0.15, 0.2) is 0 Å². The van der Waals surface area contributed by atoms with E-state index in [0.717, 1.165) is 4.70 Å². The van der Waals surface area contributed by atoms with Gasteiger partial charge in [0.05, 0.1) is 22.2 Å². The van der Waals surface area contributed by atoms with Crippen molar-refractivity contribution in [2.45, 2.75) is 20.3 Å². The van der Waals surface area contributed by atoms with Crippen molar-refractivity contribution in [2.75, 3.05) is 6.61 Å². The highest BCUT2D eigenvalue weighted by atomic mass is 32.1. The van der Waals surface area contributed by atoms with Gasteiger partial charge >= 0.3 is 11.9 Å². The van der Waals surface area contributed by atoms with Crippen LogP contribution in [0.4, 0.5) is 0 Å². The third-order valence-corrected chi connectivity index (χ3v) is 5.41. The minimum absolute atomic E-state index is 0.0560. The molecule has 2 heterocycles. The molecule has 0 bridgehead atoms. The van der Waals surface area contributed by atoms with Crippen molar-refractivity contribution in [1.82, 2.24) is 4.98 Å². The Morgan fingerprint density at radius 3 is 2.67 bits per heavy atom. The summed E-state index contributed by atoms with van der Waals surface area (Å²) < 4.78 is 17.0. The number of esters is 2. The normalized spacial score (nSPS) is 11.0. The number of nitrogens with zero attached hydrogens (tertiary/aromatic N) is 1. The summed E-state index contributed by atoms with van der Waals surface area (Å²) in [6.07, 6.45) is 0.201. The van der Waals surface area contributed by atoms with E-state index in [1.54, 1.807) is 13.8 Å². The zero-order valence-electron chi connectivity index (χ0n) is 16.3. The Morgan fingerprint density at radius 2 is 1.93 bits per heavy atom. The molecule has 152 valence electrons. The summed E-state index contributed by atoms with van der Waals surface area (Å²) in [6.45, 7) is 3.46. The summed E-state index contributed by atoms with van der Waals surface area (Å²) in [6, 6.07) is 11.9. The third kappa shape index (κ3) is 3.57. The lowest BCUT2D eigenvalue weighted by atomic mass is 10.1. The fourth-order valence-electron chi connectivity index (χ4n) is 2.95. The van der Waals surface area contributed by atoms with E-state index < -0.39 is 17.4 Å². The van der Waals surface area contributed by atoms with Crippen molar-refractivity contribution in [3.8, 4) is 16.3 Å². The van der Waals surface area contributed by atoms with Gasteiger partial charge < -0.3 is 13.9 Å². The maximum atomic E-state index is 13.3. The zero-order chi connectivity index (χ0) is 21.3. The molecule has 30 heavy (non-hydrogen) atoms. The number of carbonyl (C=O) groups is 2. The first kappa shape index (κ1) is 19.8. The first-order chi connectivity index (χ1) is 14.5. The van der Waals surface area contributed by atoms with E-state index in [0.29, 0.717) is 10.5 Å². The minimum Gasteiger partial charge on any atom is -0.460 e. The smallest absolute Gasteiger partial charge is 0.375 e. The molecule has 0 N–H and O–H groups in total. The Balaban J connectivity index is 1.95. The second-order valence-electron chi connectivity index (χ2n) is 6.33. The van der Waals surface area contributed by atoms with E-state index >= 15 is 0 Å². The molecule has 0 aliphatic rings. The monoisotopic (exact) mass is 423 g/mol. The van der Waals surface area contributed by atoms with Crippen molar-refractivity contribution in [3.63, 3.8) is 0 Å². The maximum absolute atomic E-state index is 13.3. The van der Waals surface area contributed by atoms with Gasteiger partial charge in [-0.15, -0.1) is 11.3 Å². The van der Waals surface area contributed by atoms with Crippen LogP contribution in [-0.2, 0) is 9.53 Å². The van der Waals surface area contributed by atoms with Crippen molar-refractivity contribution in [3.05, 3.63) is 58.4 Å². The average Bonchev–Trinajstić information content (AvgIpc) is 3.17. The van der Waals surface area contributed by atoms with Gasteiger partial charge in [0, 0.05) is 12.5 Å². The Labute approximate surface area is 174 Å². The van der Waals surface area contributed by atoms with Crippen LogP contribution in [0.5, 0.6) is 5.75 Å². The molecule has 0 amide bonds. The number of ether oxygens (including phenoxy) is 2. The third-order valence-electron chi connectivity index (χ3n) is 4.35. The highest BCUT2D eigenvalue weighted by Gasteiger charge is 2.25. The first-order valence-electron chi connectivity index (χ1n) is 9.36. The number of carbonyl (C=O) groups excluding carboxylic acids is 2. The molecule has 2 aromatic carbocycles. The van der Waals surface area contributed by atoms with Gasteiger partial charge in [0.2, 0.25) is 11.2 Å². The Hall–Kier alpha value is -3.52. The minimum atomic E-state index is -0.762. The molecule has 8 heteroatoms. The summed E-state index contributed by atoms with van der Waals surface area (Å²) in [4.78, 5) is 42.0. The van der Waals surface area contributed by atoms with Gasteiger partial charge in [-0.25, -0.2) is 9.78 Å². The molecule has 0 spiro atoms. The largest absolute Gasteiger partial charge is 0.460 e. The van der Waals surface area contributed by atoms with Gasteiger partial charge in [-0.1, -0.05) is 19.1 Å². The Kier molecular flexibility index (Phi) is 5.33. The lowest BCUT2D eigenvalue weighted by molar-refractivity contribution is -0.134. The van der Waals surface area contributed by atoms with Gasteiger partial charge in [0.25, 0.3) is 0 Å². The second-order valence-corrected chi connectivity index (χ2v) is 7.36. The Morgan fingerprint density at radius 1 is 1.13 bits per heavy atom. The summed E-state index contributed by atoms with van der Waals surface area (Å²) in [7, 11) is 0. The summed E-state index contributed by atoms with van der Waals surface area (Å²) in [5.41, 5.74) is 0.482. The van der Waals surface area contributed by atoms with Crippen molar-refractivity contribution in [1.29, 1.82) is 0 Å². The fraction of sp³-hybridized carbons (Fsp3) is 0.182. The second kappa shape index (κ2) is 8.08. The van der Waals surface area contributed by atoms with E-state index in [-0.39, 0.29) is 41.1 Å². The first-order valence-corrected chi connectivity index (χ1v) is 10.2. The Bertz CT molecular complexity index is 1300. The summed E-state index contributed by atoms with van der Waals surface area (Å²) in [5, 5.41) is 0.616. The number of thiazole rings is 1. The average molecular weight is 423 g/mol. The van der Waals surface area contributed by atoms with Crippen molar-refractivity contribution >= 4 is 44.5 Å². The lowest BCUT2D eigenvalue weighted by Gasteiger charge is -2.09. The predicted molar refractivity (Wildman–Crippen MR) is 113 cm³/mol. The molecule has 2 aromatic heterocycles. The maximum Gasteiger partial charge on any atom is 0.375 e. The van der Waals surface area contributed by atoms with Crippen LogP contribution in [0, 0.1) is 0 Å². The van der Waals surface area contributed by atoms with Crippen LogP contribution in [0.2, 0.25) is 0 Å². The van der Waals surface area contributed by atoms with E-state index in [4.69, 9.17) is 13.9 Å². The molecule has 0 unspecified atom stereocenters. The van der Waals surface area contributed by atoms with Gasteiger partial charge in [-0.05, 0) is 31.2 Å². The molecular weight excluding hydrogens is 406 g/mol. The number of hydrogen-bond acceptors (Lipinski definition) is 8. The molecule has 4 rings (SSSR count). The molecular formula is C22H17NO6S. The molecule has 7 nitrogen and oxygen atoms in total. The van der Waals surface area contributed by atoms with Crippen LogP contribution in [-0.4, -0.2) is 23.5 Å². The van der Waals surface area contributed by atoms with Crippen LogP contribution in [0.15, 0.2) is 51.7 Å². The topological polar surface area (TPSA) is 95.7 Å².